The molecule has 0 aliphatic carbocycles. The quantitative estimate of drug-likeness (QED) is 0.277. The van der Waals surface area contributed by atoms with Crippen LogP contribution in [0.3, 0.4) is 0 Å². The molecule has 0 bridgehead atoms. The van der Waals surface area contributed by atoms with Crippen molar-refractivity contribution in [1.29, 1.82) is 0 Å². The maximum Gasteiger partial charge on any atom is 0.490 e. The maximum absolute atomic E-state index is 12.5. The van der Waals surface area contributed by atoms with Crippen molar-refractivity contribution in [2.45, 2.75) is 23.9 Å². The number of likely N-dealkylation sites (tertiary alicyclic amines) is 1. The fourth-order valence-corrected chi connectivity index (χ4v) is 4.61. The first-order valence-electron chi connectivity index (χ1n) is 12.1. The number of benzene rings is 2. The Morgan fingerprint density at radius 1 is 1.00 bits per heavy atom. The predicted octanol–water partition coefficient (Wildman–Crippen LogP) is 3.98. The first-order chi connectivity index (χ1) is 19.0. The Labute approximate surface area is 229 Å². The van der Waals surface area contributed by atoms with E-state index in [-0.39, 0.29) is 4.90 Å². The highest BCUT2D eigenvalue weighted by Gasteiger charge is 2.38. The van der Waals surface area contributed by atoms with Gasteiger partial charge in [-0.3, -0.25) is 0 Å². The van der Waals surface area contributed by atoms with Crippen molar-refractivity contribution in [3.63, 3.8) is 0 Å². The normalized spacial score (nSPS) is 13.7. The molecule has 1 saturated heterocycles. The van der Waals surface area contributed by atoms with E-state index in [2.05, 4.69) is 30.2 Å². The number of anilines is 4. The molecular weight excluding hydrogens is 553 g/mol. The fraction of sp³-hybridized carbons (Fsp3) is 0.320. The van der Waals surface area contributed by atoms with Crippen molar-refractivity contribution in [3.8, 4) is 5.75 Å². The monoisotopic (exact) mass is 582 g/mol. The molecule has 4 rings (SSSR count). The van der Waals surface area contributed by atoms with Crippen molar-refractivity contribution in [1.82, 2.24) is 19.6 Å². The van der Waals surface area contributed by atoms with E-state index in [1.165, 1.54) is 12.8 Å². The molecule has 1 aliphatic heterocycles. The standard InChI is InChI=1S/C23H28N6O3S.C2HF3O2/c1-32-20-8-4-18(5-9-20)26-22-12-13-24-23(28-22)27-19-6-10-21(11-7-19)33(30,31)25-14-17-29-15-2-3-16-29;3-2(4,5)1(6)7/h4-13,25H,2-3,14-17H2,1H3,(H2,24,26,27,28);(H,6,7). The minimum Gasteiger partial charge on any atom is -0.497 e. The Kier molecular flexibility index (Phi) is 10.6. The molecule has 11 nitrogen and oxygen atoms in total. The van der Waals surface area contributed by atoms with Gasteiger partial charge in [0.05, 0.1) is 12.0 Å². The number of ether oxygens (including phenoxy) is 1. The first kappa shape index (κ1) is 30.6. The summed E-state index contributed by atoms with van der Waals surface area (Å²) in [6.07, 6.45) is -1.07. The summed E-state index contributed by atoms with van der Waals surface area (Å²) in [7, 11) is -1.92. The average Bonchev–Trinajstić information content (AvgIpc) is 3.43. The number of carbonyl (C=O) groups is 1. The number of methoxy groups -OCH3 is 1. The maximum atomic E-state index is 12.5. The number of hydrogen-bond acceptors (Lipinski definition) is 9. The molecule has 0 saturated carbocycles. The summed E-state index contributed by atoms with van der Waals surface area (Å²) in [5.74, 6) is -0.961. The molecule has 0 atom stereocenters. The second-order valence-corrected chi connectivity index (χ2v) is 10.3. The molecule has 1 aliphatic rings. The zero-order chi connectivity index (χ0) is 29.2. The van der Waals surface area contributed by atoms with Crippen LogP contribution in [-0.2, 0) is 14.8 Å². The second kappa shape index (κ2) is 13.9. The van der Waals surface area contributed by atoms with E-state index in [1.54, 1.807) is 43.6 Å². The van der Waals surface area contributed by atoms with Gasteiger partial charge in [0.1, 0.15) is 11.6 Å². The van der Waals surface area contributed by atoms with E-state index in [1.807, 2.05) is 24.3 Å². The Bertz CT molecular complexity index is 1350. The zero-order valence-corrected chi connectivity index (χ0v) is 22.3. The highest BCUT2D eigenvalue weighted by Crippen LogP contribution is 2.21. The lowest BCUT2D eigenvalue weighted by atomic mass is 10.3. The molecule has 0 unspecified atom stereocenters. The lowest BCUT2D eigenvalue weighted by Crippen LogP contribution is -2.33. The number of alkyl halides is 3. The van der Waals surface area contributed by atoms with Gasteiger partial charge < -0.3 is 25.4 Å². The Morgan fingerprint density at radius 2 is 1.57 bits per heavy atom. The molecule has 4 N–H and O–H groups in total. The van der Waals surface area contributed by atoms with E-state index in [9.17, 15) is 21.6 Å². The van der Waals surface area contributed by atoms with Crippen molar-refractivity contribution in [2.24, 2.45) is 0 Å². The molecule has 1 aromatic heterocycles. The topological polar surface area (TPSA) is 146 Å². The number of rotatable bonds is 10. The third-order valence-electron chi connectivity index (χ3n) is 5.60. The summed E-state index contributed by atoms with van der Waals surface area (Å²) in [6, 6.07) is 15.8. The van der Waals surface area contributed by atoms with Crippen LogP contribution >= 0.6 is 0 Å². The van der Waals surface area contributed by atoms with Gasteiger partial charge in [0.25, 0.3) is 0 Å². The van der Waals surface area contributed by atoms with Crippen LogP contribution in [0.25, 0.3) is 0 Å². The SMILES string of the molecule is COc1ccc(Nc2ccnc(Nc3ccc(S(=O)(=O)NCCN4CCCC4)cc3)n2)cc1.O=C(O)C(F)(F)F. The third-order valence-corrected chi connectivity index (χ3v) is 7.08. The molecule has 3 aromatic rings. The molecule has 2 aromatic carbocycles. The van der Waals surface area contributed by atoms with Gasteiger partial charge in [0.2, 0.25) is 16.0 Å². The summed E-state index contributed by atoms with van der Waals surface area (Å²) >= 11 is 0. The second-order valence-electron chi connectivity index (χ2n) is 8.52. The summed E-state index contributed by atoms with van der Waals surface area (Å²) < 4.78 is 64.7. The number of hydrogen-bond donors (Lipinski definition) is 4. The fourth-order valence-electron chi connectivity index (χ4n) is 3.58. The molecule has 2 heterocycles. The Balaban J connectivity index is 0.000000559. The van der Waals surface area contributed by atoms with Crippen LogP contribution in [0, 0.1) is 0 Å². The van der Waals surface area contributed by atoms with Gasteiger partial charge in [-0.1, -0.05) is 0 Å². The van der Waals surface area contributed by atoms with Gasteiger partial charge in [-0.2, -0.15) is 18.2 Å². The molecule has 216 valence electrons. The average molecular weight is 583 g/mol. The summed E-state index contributed by atoms with van der Waals surface area (Å²) in [5, 5.41) is 13.4. The number of aromatic nitrogens is 2. The van der Waals surface area contributed by atoms with E-state index >= 15 is 0 Å². The largest absolute Gasteiger partial charge is 0.497 e. The number of nitrogens with zero attached hydrogens (tertiary/aromatic N) is 3. The lowest BCUT2D eigenvalue weighted by molar-refractivity contribution is -0.192. The number of carboxylic acid groups (broad SMARTS) is 1. The first-order valence-corrected chi connectivity index (χ1v) is 13.6. The third kappa shape index (κ3) is 9.66. The predicted molar refractivity (Wildman–Crippen MR) is 143 cm³/mol. The van der Waals surface area contributed by atoms with Crippen molar-refractivity contribution >= 4 is 39.1 Å². The number of nitrogens with one attached hydrogen (secondary N) is 3. The smallest absolute Gasteiger partial charge is 0.490 e. The van der Waals surface area contributed by atoms with Gasteiger partial charge in [-0.15, -0.1) is 0 Å². The summed E-state index contributed by atoms with van der Waals surface area (Å²) in [4.78, 5) is 20.1. The van der Waals surface area contributed by atoms with E-state index in [4.69, 9.17) is 14.6 Å². The van der Waals surface area contributed by atoms with Crippen molar-refractivity contribution in [3.05, 3.63) is 60.8 Å². The van der Waals surface area contributed by atoms with Crippen LogP contribution in [0.15, 0.2) is 65.7 Å². The van der Waals surface area contributed by atoms with E-state index in [0.717, 1.165) is 31.1 Å². The number of halogens is 3. The summed E-state index contributed by atoms with van der Waals surface area (Å²) in [5.41, 5.74) is 1.56. The van der Waals surface area contributed by atoms with Crippen LogP contribution < -0.4 is 20.1 Å². The molecule has 0 radical (unpaired) electrons. The molecule has 40 heavy (non-hydrogen) atoms. The molecule has 1 fully saturated rings. The molecule has 0 amide bonds. The highest BCUT2D eigenvalue weighted by atomic mass is 32.2. The lowest BCUT2D eigenvalue weighted by Gasteiger charge is -2.15. The van der Waals surface area contributed by atoms with E-state index in [0.29, 0.717) is 24.0 Å². The minimum absolute atomic E-state index is 0.227. The minimum atomic E-state index is -5.08. The Hall–Kier alpha value is -3.95. The number of sulfonamides is 1. The molecular formula is C25H29F3N6O5S. The molecule has 15 heteroatoms. The van der Waals surface area contributed by atoms with E-state index < -0.39 is 22.2 Å². The van der Waals surface area contributed by atoms with Gasteiger partial charge in [-0.05, 0) is 80.5 Å². The van der Waals surface area contributed by atoms with Gasteiger partial charge >= 0.3 is 12.1 Å². The number of carboxylic acids is 1. The van der Waals surface area contributed by atoms with Gasteiger partial charge in [0.15, 0.2) is 0 Å². The zero-order valence-electron chi connectivity index (χ0n) is 21.5. The van der Waals surface area contributed by atoms with Crippen LogP contribution in [-0.4, -0.2) is 73.8 Å². The number of aliphatic carboxylic acids is 1. The molecule has 0 spiro atoms. The van der Waals surface area contributed by atoms with Gasteiger partial charge in [-0.25, -0.2) is 22.9 Å². The van der Waals surface area contributed by atoms with Crippen molar-refractivity contribution in [2.75, 3.05) is 43.9 Å². The van der Waals surface area contributed by atoms with Crippen molar-refractivity contribution < 1.29 is 36.2 Å². The highest BCUT2D eigenvalue weighted by molar-refractivity contribution is 7.89. The van der Waals surface area contributed by atoms with Crippen LogP contribution in [0.5, 0.6) is 5.75 Å². The summed E-state index contributed by atoms with van der Waals surface area (Å²) in [6.45, 7) is 3.23. The Morgan fingerprint density at radius 3 is 2.15 bits per heavy atom. The van der Waals surface area contributed by atoms with Crippen LogP contribution in [0.1, 0.15) is 12.8 Å². The van der Waals surface area contributed by atoms with Gasteiger partial charge in [0, 0.05) is 30.7 Å². The van der Waals surface area contributed by atoms with Crippen LogP contribution in [0.4, 0.5) is 36.3 Å². The van der Waals surface area contributed by atoms with Crippen LogP contribution in [0.2, 0.25) is 0 Å².